The van der Waals surface area contributed by atoms with Gasteiger partial charge in [0.05, 0.1) is 11.6 Å². The van der Waals surface area contributed by atoms with E-state index in [0.717, 1.165) is 28.6 Å². The zero-order valence-corrected chi connectivity index (χ0v) is 13.5. The Morgan fingerprint density at radius 3 is 2.70 bits per heavy atom. The molecule has 0 radical (unpaired) electrons. The van der Waals surface area contributed by atoms with Gasteiger partial charge in [-0.1, -0.05) is 13.8 Å². The van der Waals surface area contributed by atoms with E-state index in [1.807, 2.05) is 18.7 Å². The second kappa shape index (κ2) is 5.06. The summed E-state index contributed by atoms with van der Waals surface area (Å²) in [5.41, 5.74) is 3.13. The average Bonchev–Trinajstić information content (AvgIpc) is 2.89. The average molecular weight is 295 g/mol. The van der Waals surface area contributed by atoms with E-state index in [1.54, 1.807) is 0 Å². The summed E-state index contributed by atoms with van der Waals surface area (Å²) in [4.78, 5) is 4.73. The molecule has 1 aliphatic rings. The third-order valence-electron chi connectivity index (χ3n) is 4.75. The normalized spacial score (nSPS) is 27.4. The molecule has 1 aliphatic carbocycles. The molecule has 0 saturated heterocycles. The fraction of sp³-hybridized carbons (Fsp3) is 0.733. The molecule has 0 bridgehead atoms. The SMILES string of the molecule is Cc1nn(C)c2c1nc(CCl)n2C1CCC(C)CC1C. The monoisotopic (exact) mass is 294 g/mol. The molecule has 0 amide bonds. The van der Waals surface area contributed by atoms with Crippen molar-refractivity contribution in [3.8, 4) is 0 Å². The Morgan fingerprint density at radius 2 is 2.05 bits per heavy atom. The smallest absolute Gasteiger partial charge is 0.158 e. The van der Waals surface area contributed by atoms with E-state index in [4.69, 9.17) is 16.6 Å². The molecule has 3 unspecified atom stereocenters. The minimum Gasteiger partial charge on any atom is -0.309 e. The van der Waals surface area contributed by atoms with Crippen LogP contribution in [0.3, 0.4) is 0 Å². The fourth-order valence-corrected chi connectivity index (χ4v) is 4.01. The molecule has 1 saturated carbocycles. The Morgan fingerprint density at radius 1 is 1.30 bits per heavy atom. The Balaban J connectivity index is 2.14. The lowest BCUT2D eigenvalue weighted by molar-refractivity contribution is 0.207. The first-order chi connectivity index (χ1) is 9.52. The van der Waals surface area contributed by atoms with E-state index in [0.29, 0.717) is 17.8 Å². The van der Waals surface area contributed by atoms with Crippen LogP contribution in [0, 0.1) is 18.8 Å². The van der Waals surface area contributed by atoms with Gasteiger partial charge in [0.2, 0.25) is 0 Å². The van der Waals surface area contributed by atoms with Crippen LogP contribution in [0.15, 0.2) is 0 Å². The summed E-state index contributed by atoms with van der Waals surface area (Å²) >= 11 is 6.15. The standard InChI is InChI=1S/C15H23ClN4/c1-9-5-6-12(10(2)7-9)20-13(8-16)17-14-11(3)18-19(4)15(14)20/h9-10,12H,5-8H2,1-4H3. The highest BCUT2D eigenvalue weighted by Gasteiger charge is 2.30. The number of rotatable bonds is 2. The molecule has 2 aromatic rings. The van der Waals surface area contributed by atoms with Crippen LogP contribution in [0.25, 0.3) is 11.2 Å². The van der Waals surface area contributed by atoms with Crippen LogP contribution in [0.4, 0.5) is 0 Å². The van der Waals surface area contributed by atoms with Crippen LogP contribution in [0.5, 0.6) is 0 Å². The van der Waals surface area contributed by atoms with Gasteiger partial charge in [0.1, 0.15) is 11.3 Å². The molecule has 1 fully saturated rings. The molecule has 0 N–H and O–H groups in total. The Hall–Kier alpha value is -1.03. The van der Waals surface area contributed by atoms with Gasteiger partial charge in [0.15, 0.2) is 5.65 Å². The van der Waals surface area contributed by atoms with Crippen LogP contribution in [-0.4, -0.2) is 19.3 Å². The van der Waals surface area contributed by atoms with Gasteiger partial charge in [0.25, 0.3) is 0 Å². The van der Waals surface area contributed by atoms with Gasteiger partial charge in [0, 0.05) is 13.1 Å². The summed E-state index contributed by atoms with van der Waals surface area (Å²) in [5.74, 6) is 2.94. The summed E-state index contributed by atoms with van der Waals surface area (Å²) < 4.78 is 4.32. The zero-order chi connectivity index (χ0) is 14.4. The highest BCUT2D eigenvalue weighted by atomic mass is 35.5. The Bertz CT molecular complexity index is 627. The van der Waals surface area contributed by atoms with E-state index in [9.17, 15) is 0 Å². The Kier molecular flexibility index (Phi) is 3.53. The zero-order valence-electron chi connectivity index (χ0n) is 12.7. The van der Waals surface area contributed by atoms with E-state index in [2.05, 4.69) is 23.5 Å². The summed E-state index contributed by atoms with van der Waals surface area (Å²) in [6.45, 7) is 6.73. The van der Waals surface area contributed by atoms with Gasteiger partial charge in [-0.15, -0.1) is 11.6 Å². The number of nitrogens with zero attached hydrogens (tertiary/aromatic N) is 4. The molecule has 2 heterocycles. The van der Waals surface area contributed by atoms with Gasteiger partial charge in [-0.05, 0) is 38.0 Å². The summed E-state index contributed by atoms with van der Waals surface area (Å²) in [7, 11) is 2.00. The first kappa shape index (κ1) is 13.9. The van der Waals surface area contributed by atoms with E-state index in [1.165, 1.54) is 19.3 Å². The Labute approximate surface area is 125 Å². The van der Waals surface area contributed by atoms with E-state index >= 15 is 0 Å². The van der Waals surface area contributed by atoms with E-state index in [-0.39, 0.29) is 0 Å². The molecule has 20 heavy (non-hydrogen) atoms. The van der Waals surface area contributed by atoms with Crippen molar-refractivity contribution in [2.75, 3.05) is 0 Å². The lowest BCUT2D eigenvalue weighted by Gasteiger charge is -2.34. The van der Waals surface area contributed by atoms with Gasteiger partial charge in [-0.25, -0.2) is 4.98 Å². The maximum atomic E-state index is 6.15. The molecule has 0 aliphatic heterocycles. The van der Waals surface area contributed by atoms with Crippen LogP contribution in [-0.2, 0) is 12.9 Å². The van der Waals surface area contributed by atoms with Crippen molar-refractivity contribution < 1.29 is 0 Å². The maximum Gasteiger partial charge on any atom is 0.158 e. The van der Waals surface area contributed by atoms with Crippen molar-refractivity contribution in [3.05, 3.63) is 11.5 Å². The minimum atomic E-state index is 0.465. The van der Waals surface area contributed by atoms with Crippen LogP contribution >= 0.6 is 11.6 Å². The van der Waals surface area contributed by atoms with Crippen molar-refractivity contribution in [3.63, 3.8) is 0 Å². The number of aryl methyl sites for hydroxylation is 2. The first-order valence-electron chi connectivity index (χ1n) is 7.49. The molecular weight excluding hydrogens is 272 g/mol. The molecule has 3 rings (SSSR count). The molecule has 0 spiro atoms. The molecule has 5 heteroatoms. The van der Waals surface area contributed by atoms with Gasteiger partial charge in [-0.2, -0.15) is 5.10 Å². The third kappa shape index (κ3) is 2.05. The van der Waals surface area contributed by atoms with Crippen LogP contribution in [0.2, 0.25) is 0 Å². The maximum absolute atomic E-state index is 6.15. The van der Waals surface area contributed by atoms with Crippen molar-refractivity contribution >= 4 is 22.8 Å². The number of imidazole rings is 1. The van der Waals surface area contributed by atoms with E-state index < -0.39 is 0 Å². The summed E-state index contributed by atoms with van der Waals surface area (Å²) in [6, 6.07) is 0.500. The number of halogens is 1. The first-order valence-corrected chi connectivity index (χ1v) is 8.02. The van der Waals surface area contributed by atoms with Crippen LogP contribution < -0.4 is 0 Å². The number of aromatic nitrogens is 4. The predicted molar refractivity (Wildman–Crippen MR) is 82.0 cm³/mol. The molecule has 3 atom stereocenters. The van der Waals surface area contributed by atoms with Crippen molar-refractivity contribution in [1.82, 2.24) is 19.3 Å². The molecule has 2 aromatic heterocycles. The number of alkyl halides is 1. The van der Waals surface area contributed by atoms with Gasteiger partial charge >= 0.3 is 0 Å². The fourth-order valence-electron chi connectivity index (χ4n) is 3.82. The summed E-state index contributed by atoms with van der Waals surface area (Å²) in [5, 5.41) is 4.51. The van der Waals surface area contributed by atoms with Crippen LogP contribution in [0.1, 0.15) is 50.7 Å². The molecule has 0 aromatic carbocycles. The summed E-state index contributed by atoms with van der Waals surface area (Å²) in [6.07, 6.45) is 3.78. The second-order valence-electron chi connectivity index (χ2n) is 6.38. The topological polar surface area (TPSA) is 35.6 Å². The number of fused-ring (bicyclic) bond motifs is 1. The number of hydrogen-bond donors (Lipinski definition) is 0. The largest absolute Gasteiger partial charge is 0.309 e. The predicted octanol–water partition coefficient (Wildman–Crippen LogP) is 3.81. The van der Waals surface area contributed by atoms with Gasteiger partial charge in [-0.3, -0.25) is 4.68 Å². The highest BCUT2D eigenvalue weighted by molar-refractivity contribution is 6.16. The number of hydrogen-bond acceptors (Lipinski definition) is 2. The third-order valence-corrected chi connectivity index (χ3v) is 4.98. The minimum absolute atomic E-state index is 0.465. The molecule has 4 nitrogen and oxygen atoms in total. The lowest BCUT2D eigenvalue weighted by atomic mass is 9.79. The molecule has 110 valence electrons. The quantitative estimate of drug-likeness (QED) is 0.790. The van der Waals surface area contributed by atoms with Crippen molar-refractivity contribution in [1.29, 1.82) is 0 Å². The second-order valence-corrected chi connectivity index (χ2v) is 6.64. The van der Waals surface area contributed by atoms with Crippen molar-refractivity contribution in [2.45, 2.75) is 52.0 Å². The highest BCUT2D eigenvalue weighted by Crippen LogP contribution is 2.39. The molecular formula is C15H23ClN4. The van der Waals surface area contributed by atoms with Crippen molar-refractivity contribution in [2.24, 2.45) is 18.9 Å². The van der Waals surface area contributed by atoms with Gasteiger partial charge < -0.3 is 4.57 Å². The lowest BCUT2D eigenvalue weighted by Crippen LogP contribution is -2.26.